The highest BCUT2D eigenvalue weighted by atomic mass is 16.5. The first-order chi connectivity index (χ1) is 7.61. The number of amides is 1. The molecule has 6 heteroatoms. The third-order valence-electron chi connectivity index (χ3n) is 1.85. The van der Waals surface area contributed by atoms with Gasteiger partial charge in [0.15, 0.2) is 0 Å². The Hall–Kier alpha value is -2.11. The summed E-state index contributed by atoms with van der Waals surface area (Å²) in [7, 11) is 1.26. The summed E-state index contributed by atoms with van der Waals surface area (Å²) in [5, 5.41) is 2.41. The summed E-state index contributed by atoms with van der Waals surface area (Å²) in [5.74, 6) is -0.777. The van der Waals surface area contributed by atoms with Gasteiger partial charge in [0.05, 0.1) is 25.4 Å². The monoisotopic (exact) mass is 223 g/mol. The molecule has 0 bridgehead atoms. The number of hydrogen-bond acceptors (Lipinski definition) is 5. The van der Waals surface area contributed by atoms with Crippen molar-refractivity contribution >= 4 is 17.6 Å². The van der Waals surface area contributed by atoms with Crippen molar-refractivity contribution in [1.82, 2.24) is 10.3 Å². The number of aromatic nitrogens is 1. The Balaban J connectivity index is 2.40. The van der Waals surface area contributed by atoms with Gasteiger partial charge in [-0.25, -0.2) is 0 Å². The molecule has 1 amide bonds. The van der Waals surface area contributed by atoms with Crippen LogP contribution >= 0.6 is 0 Å². The van der Waals surface area contributed by atoms with Gasteiger partial charge in [-0.05, 0) is 12.1 Å². The summed E-state index contributed by atoms with van der Waals surface area (Å²) in [5.41, 5.74) is 6.58. The summed E-state index contributed by atoms with van der Waals surface area (Å²) >= 11 is 0. The molecule has 0 saturated carbocycles. The first-order valence-corrected chi connectivity index (χ1v) is 4.65. The number of carbonyl (C=O) groups is 2. The third-order valence-corrected chi connectivity index (χ3v) is 1.85. The average Bonchev–Trinajstić information content (AvgIpc) is 2.29. The Morgan fingerprint density at radius 3 is 2.81 bits per heavy atom. The fraction of sp³-hybridized carbons (Fsp3) is 0.300. The van der Waals surface area contributed by atoms with Gasteiger partial charge < -0.3 is 15.8 Å². The Kier molecular flexibility index (Phi) is 4.26. The number of hydrogen-bond donors (Lipinski definition) is 2. The van der Waals surface area contributed by atoms with Crippen LogP contribution in [0.3, 0.4) is 0 Å². The molecule has 0 aromatic carbocycles. The van der Waals surface area contributed by atoms with Crippen LogP contribution in [0, 0.1) is 0 Å². The minimum atomic E-state index is -0.487. The Bertz CT molecular complexity index is 375. The second-order valence-corrected chi connectivity index (χ2v) is 3.11. The minimum absolute atomic E-state index is 0.108. The van der Waals surface area contributed by atoms with E-state index in [-0.39, 0.29) is 18.9 Å². The Morgan fingerprint density at radius 1 is 1.50 bits per heavy atom. The van der Waals surface area contributed by atoms with E-state index in [1.165, 1.54) is 13.3 Å². The summed E-state index contributed by atoms with van der Waals surface area (Å²) in [6.07, 6.45) is 1.58. The molecule has 1 heterocycles. The van der Waals surface area contributed by atoms with E-state index < -0.39 is 5.97 Å². The van der Waals surface area contributed by atoms with E-state index in [1.807, 2.05) is 0 Å². The zero-order chi connectivity index (χ0) is 12.0. The molecule has 0 radical (unpaired) electrons. The molecule has 0 aliphatic rings. The number of methoxy groups -OCH3 is 1. The molecule has 0 atom stereocenters. The number of carbonyl (C=O) groups excluding carboxylic acids is 2. The Morgan fingerprint density at radius 2 is 2.25 bits per heavy atom. The molecular formula is C10H13N3O3. The molecule has 0 unspecified atom stereocenters. The first kappa shape index (κ1) is 12.0. The van der Waals surface area contributed by atoms with Gasteiger partial charge in [-0.1, -0.05) is 0 Å². The SMILES string of the molecule is COC(=O)CNC(=O)Cc1ccc(N)cn1. The van der Waals surface area contributed by atoms with E-state index in [0.717, 1.165) is 0 Å². The first-order valence-electron chi connectivity index (χ1n) is 4.65. The lowest BCUT2D eigenvalue weighted by Gasteiger charge is -2.03. The van der Waals surface area contributed by atoms with Gasteiger partial charge in [-0.3, -0.25) is 14.6 Å². The molecule has 0 aliphatic heterocycles. The number of ether oxygens (including phenoxy) is 1. The van der Waals surface area contributed by atoms with Crippen LogP contribution in [0.25, 0.3) is 0 Å². The molecule has 0 fully saturated rings. The zero-order valence-corrected chi connectivity index (χ0v) is 8.90. The van der Waals surface area contributed by atoms with Crippen LogP contribution in [0.5, 0.6) is 0 Å². The zero-order valence-electron chi connectivity index (χ0n) is 8.90. The van der Waals surface area contributed by atoms with Crippen molar-refractivity contribution in [2.75, 3.05) is 19.4 Å². The van der Waals surface area contributed by atoms with Crippen LogP contribution in [0.4, 0.5) is 5.69 Å². The van der Waals surface area contributed by atoms with Crippen molar-refractivity contribution in [3.8, 4) is 0 Å². The van der Waals surface area contributed by atoms with Crippen molar-refractivity contribution in [2.45, 2.75) is 6.42 Å². The van der Waals surface area contributed by atoms with E-state index in [0.29, 0.717) is 11.4 Å². The maximum absolute atomic E-state index is 11.3. The van der Waals surface area contributed by atoms with E-state index in [9.17, 15) is 9.59 Å². The maximum Gasteiger partial charge on any atom is 0.325 e. The van der Waals surface area contributed by atoms with Crippen LogP contribution in [0.15, 0.2) is 18.3 Å². The molecule has 1 aromatic rings. The summed E-state index contributed by atoms with van der Waals surface area (Å²) in [6.45, 7) is -0.135. The van der Waals surface area contributed by atoms with E-state index in [2.05, 4.69) is 15.0 Å². The maximum atomic E-state index is 11.3. The van der Waals surface area contributed by atoms with Crippen LogP contribution < -0.4 is 11.1 Å². The standard InChI is InChI=1S/C10H13N3O3/c1-16-10(15)6-13-9(14)4-8-3-2-7(11)5-12-8/h2-3,5H,4,6,11H2,1H3,(H,13,14). The number of nitrogen functional groups attached to an aromatic ring is 1. The lowest BCUT2D eigenvalue weighted by molar-refractivity contribution is -0.141. The molecule has 3 N–H and O–H groups in total. The highest BCUT2D eigenvalue weighted by Gasteiger charge is 2.06. The largest absolute Gasteiger partial charge is 0.468 e. The number of anilines is 1. The molecule has 0 spiro atoms. The number of esters is 1. The molecular weight excluding hydrogens is 210 g/mol. The predicted octanol–water partition coefficient (Wildman–Crippen LogP) is -0.504. The van der Waals surface area contributed by atoms with Crippen LogP contribution in [0.2, 0.25) is 0 Å². The molecule has 16 heavy (non-hydrogen) atoms. The van der Waals surface area contributed by atoms with Crippen molar-refractivity contribution in [3.05, 3.63) is 24.0 Å². The van der Waals surface area contributed by atoms with Crippen LogP contribution in [-0.2, 0) is 20.7 Å². The highest BCUT2D eigenvalue weighted by Crippen LogP contribution is 2.01. The van der Waals surface area contributed by atoms with E-state index in [4.69, 9.17) is 5.73 Å². The van der Waals surface area contributed by atoms with Crippen molar-refractivity contribution < 1.29 is 14.3 Å². The van der Waals surface area contributed by atoms with Crippen molar-refractivity contribution in [1.29, 1.82) is 0 Å². The van der Waals surface area contributed by atoms with Gasteiger partial charge >= 0.3 is 5.97 Å². The molecule has 1 aromatic heterocycles. The number of nitrogens with two attached hydrogens (primary N) is 1. The number of rotatable bonds is 4. The number of pyridine rings is 1. The van der Waals surface area contributed by atoms with Crippen molar-refractivity contribution in [2.24, 2.45) is 0 Å². The van der Waals surface area contributed by atoms with Crippen LogP contribution in [0.1, 0.15) is 5.69 Å². The van der Waals surface area contributed by atoms with Crippen molar-refractivity contribution in [3.63, 3.8) is 0 Å². The second kappa shape index (κ2) is 5.69. The molecule has 86 valence electrons. The minimum Gasteiger partial charge on any atom is -0.468 e. The topological polar surface area (TPSA) is 94.3 Å². The van der Waals surface area contributed by atoms with Crippen LogP contribution in [-0.4, -0.2) is 30.5 Å². The van der Waals surface area contributed by atoms with Gasteiger partial charge in [-0.15, -0.1) is 0 Å². The fourth-order valence-electron chi connectivity index (χ4n) is 1.01. The molecule has 6 nitrogen and oxygen atoms in total. The van der Waals surface area contributed by atoms with E-state index in [1.54, 1.807) is 12.1 Å². The summed E-state index contributed by atoms with van der Waals surface area (Å²) < 4.78 is 4.38. The van der Waals surface area contributed by atoms with Gasteiger partial charge in [0.2, 0.25) is 5.91 Å². The fourth-order valence-corrected chi connectivity index (χ4v) is 1.01. The molecule has 0 aliphatic carbocycles. The van der Waals surface area contributed by atoms with Gasteiger partial charge in [0.25, 0.3) is 0 Å². The lowest BCUT2D eigenvalue weighted by Crippen LogP contribution is -2.31. The van der Waals surface area contributed by atoms with Gasteiger partial charge in [-0.2, -0.15) is 0 Å². The number of nitrogens with zero attached hydrogens (tertiary/aromatic N) is 1. The summed E-state index contributed by atoms with van der Waals surface area (Å²) in [4.78, 5) is 26.0. The summed E-state index contributed by atoms with van der Waals surface area (Å²) in [6, 6.07) is 3.32. The third kappa shape index (κ3) is 3.95. The van der Waals surface area contributed by atoms with E-state index >= 15 is 0 Å². The highest BCUT2D eigenvalue weighted by molar-refractivity contribution is 5.83. The molecule has 1 rings (SSSR count). The predicted molar refractivity (Wildman–Crippen MR) is 57.4 cm³/mol. The lowest BCUT2D eigenvalue weighted by atomic mass is 10.2. The Labute approximate surface area is 92.8 Å². The smallest absolute Gasteiger partial charge is 0.325 e. The molecule has 0 saturated heterocycles. The van der Waals surface area contributed by atoms with Gasteiger partial charge in [0.1, 0.15) is 6.54 Å². The average molecular weight is 223 g/mol. The number of nitrogens with one attached hydrogen (secondary N) is 1. The second-order valence-electron chi connectivity index (χ2n) is 3.11. The quantitative estimate of drug-likeness (QED) is 0.671. The van der Waals surface area contributed by atoms with Gasteiger partial charge in [0, 0.05) is 5.69 Å². The normalized spacial score (nSPS) is 9.56.